The van der Waals surface area contributed by atoms with Crippen molar-refractivity contribution in [3.05, 3.63) is 167 Å². The molecule has 0 aliphatic carbocycles. The third-order valence-electron chi connectivity index (χ3n) is 11.7. The quantitative estimate of drug-likeness (QED) is 0.111. The van der Waals surface area contributed by atoms with Gasteiger partial charge >= 0.3 is 11.9 Å². The molecule has 0 aliphatic rings. The molecule has 72 heavy (non-hydrogen) atoms. The van der Waals surface area contributed by atoms with Gasteiger partial charge < -0.3 is 19.7 Å². The second-order valence-electron chi connectivity index (χ2n) is 21.3. The Balaban J connectivity index is 0.000000252. The molecule has 12 nitrogen and oxygen atoms in total. The highest BCUT2D eigenvalue weighted by atomic mass is 79.9. The number of fused-ring (bicyclic) bond motifs is 2. The molecule has 0 fully saturated rings. The summed E-state index contributed by atoms with van der Waals surface area (Å²) >= 11 is 3.31. The third-order valence-corrected chi connectivity index (χ3v) is 12.6. The Morgan fingerprint density at radius 2 is 0.861 bits per heavy atom. The number of hydrogen-bond acceptors (Lipinski definition) is 9. The number of rotatable bonds is 8. The number of hydrogen-bond donors (Lipinski definition) is 2. The molecule has 8 aromatic rings. The smallest absolute Gasteiger partial charge is 0.349 e. The van der Waals surface area contributed by atoms with Crippen LogP contribution in [0.2, 0.25) is 0 Å². The van der Waals surface area contributed by atoms with Crippen LogP contribution in [0.1, 0.15) is 142 Å². The van der Waals surface area contributed by atoms with Crippen molar-refractivity contribution >= 4 is 49.9 Å². The van der Waals surface area contributed by atoms with E-state index in [2.05, 4.69) is 124 Å². The van der Waals surface area contributed by atoms with Crippen molar-refractivity contribution in [1.29, 1.82) is 0 Å². The number of aliphatic carboxylic acids is 1. The van der Waals surface area contributed by atoms with Crippen LogP contribution in [0, 0.1) is 0 Å². The number of carboxylic acids is 1. The lowest BCUT2D eigenvalue weighted by atomic mass is 9.86. The number of phenolic OH excluding ortho intramolecular Hbond substituents is 1. The van der Waals surface area contributed by atoms with Crippen LogP contribution in [0.4, 0.5) is 0 Å². The molecule has 13 heteroatoms. The van der Waals surface area contributed by atoms with Crippen LogP contribution in [0.15, 0.2) is 133 Å². The standard InChI is InChI=1S/C28H31N3O3.C16H17N3O.C13H17BrO2.2CH4/c1-27(2,3)19-13-11-18(12-14-19)25(26(32)33)34-24-16-15-20(28(4,5)6)17-23(24)31-29-21-9-7-8-10-22(21)30-31;1-16(2,3)11-8-9-15(20)14(10-11)19-17-12-6-4-5-7-13(12)18-19;1-13(2,3)10-7-5-9(6-8-10)11(14)12(15)16-4;;/h7-17,25H,1-6H3,(H,32,33);4-10,20H,1-3H3;5-8,11H,1-4H3;2*1H4. The highest BCUT2D eigenvalue weighted by Crippen LogP contribution is 2.35. The van der Waals surface area contributed by atoms with E-state index in [4.69, 9.17) is 4.74 Å². The number of benzene rings is 6. The highest BCUT2D eigenvalue weighted by Gasteiger charge is 2.27. The average molecular weight is 1040 g/mol. The van der Waals surface area contributed by atoms with Gasteiger partial charge in [0, 0.05) is 5.56 Å². The molecule has 8 rings (SSSR count). The van der Waals surface area contributed by atoms with Crippen molar-refractivity contribution in [2.75, 3.05) is 7.11 Å². The van der Waals surface area contributed by atoms with Crippen LogP contribution < -0.4 is 4.74 Å². The zero-order valence-corrected chi connectivity index (χ0v) is 44.0. The molecule has 2 heterocycles. The molecule has 0 radical (unpaired) electrons. The average Bonchev–Trinajstić information content (AvgIpc) is 3.95. The van der Waals surface area contributed by atoms with Gasteiger partial charge in [-0.15, -0.1) is 30.0 Å². The molecule has 2 N–H and O–H groups in total. The number of ether oxygens (including phenoxy) is 2. The summed E-state index contributed by atoms with van der Waals surface area (Å²) in [5.74, 6) is -0.754. The minimum absolute atomic E-state index is 0. The minimum Gasteiger partial charge on any atom is -0.506 e. The number of carbonyl (C=O) groups excluding carboxylic acids is 1. The van der Waals surface area contributed by atoms with Gasteiger partial charge in [0.05, 0.1) is 7.11 Å². The first-order valence-electron chi connectivity index (χ1n) is 23.2. The van der Waals surface area contributed by atoms with Gasteiger partial charge in [-0.25, -0.2) is 4.79 Å². The van der Waals surface area contributed by atoms with Gasteiger partial charge in [0.2, 0.25) is 6.10 Å². The number of aromatic hydroxyl groups is 1. The summed E-state index contributed by atoms with van der Waals surface area (Å²) < 4.78 is 10.8. The highest BCUT2D eigenvalue weighted by molar-refractivity contribution is 9.09. The molecular formula is C59H73BrN6O6. The normalized spacial score (nSPS) is 12.5. The third kappa shape index (κ3) is 14.2. The van der Waals surface area contributed by atoms with Crippen molar-refractivity contribution in [1.82, 2.24) is 30.0 Å². The number of aromatic nitrogens is 6. The molecule has 0 aliphatic heterocycles. The van der Waals surface area contributed by atoms with E-state index in [1.54, 1.807) is 6.07 Å². The SMILES string of the molecule is C.C.CC(C)(C)c1ccc(C(Oc2ccc(C(C)(C)C)cc2-n2nc3ccccc3n2)C(=O)O)cc1.CC(C)(C)c1ccc(O)c(-n2nc3ccccc3n2)c1.COC(=O)C(Br)c1ccc(C(C)(C)C)cc1. The van der Waals surface area contributed by atoms with Gasteiger partial charge in [0.15, 0.2) is 0 Å². The number of carboxylic acid groups (broad SMARTS) is 1. The van der Waals surface area contributed by atoms with E-state index in [9.17, 15) is 19.8 Å². The summed E-state index contributed by atoms with van der Waals surface area (Å²) in [5, 5.41) is 38.1. The Morgan fingerprint density at radius 3 is 1.24 bits per heavy atom. The van der Waals surface area contributed by atoms with Gasteiger partial charge in [0.25, 0.3) is 0 Å². The molecule has 2 unspecified atom stereocenters. The number of phenols is 1. The van der Waals surface area contributed by atoms with E-state index >= 15 is 0 Å². The number of halogens is 1. The van der Waals surface area contributed by atoms with Gasteiger partial charge in [-0.1, -0.05) is 199 Å². The Kier molecular flexibility index (Phi) is 18.5. The predicted octanol–water partition coefficient (Wildman–Crippen LogP) is 14.5. The molecular weight excluding hydrogens is 969 g/mol. The maximum absolute atomic E-state index is 12.2. The maximum atomic E-state index is 12.2. The van der Waals surface area contributed by atoms with E-state index in [1.165, 1.54) is 22.3 Å². The van der Waals surface area contributed by atoms with Gasteiger partial charge in [-0.05, 0) is 98.0 Å². The number of alkyl halides is 1. The second-order valence-corrected chi connectivity index (χ2v) is 22.2. The van der Waals surface area contributed by atoms with Crippen molar-refractivity contribution in [2.24, 2.45) is 0 Å². The number of nitrogens with zero attached hydrogens (tertiary/aromatic N) is 6. The molecule has 0 saturated carbocycles. The Morgan fingerprint density at radius 1 is 0.514 bits per heavy atom. The van der Waals surface area contributed by atoms with E-state index in [0.29, 0.717) is 22.7 Å². The summed E-state index contributed by atoms with van der Waals surface area (Å²) in [5.41, 5.74) is 10.4. The Hall–Kier alpha value is -6.86. The fourth-order valence-corrected chi connectivity index (χ4v) is 7.75. The molecule has 0 amide bonds. The van der Waals surface area contributed by atoms with Crippen LogP contribution >= 0.6 is 15.9 Å². The van der Waals surface area contributed by atoms with Crippen LogP contribution in [0.3, 0.4) is 0 Å². The summed E-state index contributed by atoms with van der Waals surface area (Å²) in [6.07, 6.45) is -1.17. The molecule has 2 aromatic heterocycles. The summed E-state index contributed by atoms with van der Waals surface area (Å²) in [4.78, 5) is 26.2. The molecule has 6 aromatic carbocycles. The fraction of sp³-hybridized carbons (Fsp3) is 0.356. The fourth-order valence-electron chi connectivity index (χ4n) is 7.26. The maximum Gasteiger partial charge on any atom is 0.349 e. The first kappa shape index (κ1) is 57.7. The first-order valence-corrected chi connectivity index (χ1v) is 24.1. The van der Waals surface area contributed by atoms with E-state index in [1.807, 2.05) is 127 Å². The lowest BCUT2D eigenvalue weighted by molar-refractivity contribution is -0.145. The zero-order valence-electron chi connectivity index (χ0n) is 42.4. The Labute approximate surface area is 434 Å². The van der Waals surface area contributed by atoms with E-state index < -0.39 is 12.1 Å². The monoisotopic (exact) mass is 1040 g/mol. The molecule has 0 bridgehead atoms. The van der Waals surface area contributed by atoms with Crippen molar-refractivity contribution in [3.63, 3.8) is 0 Å². The topological polar surface area (TPSA) is 154 Å². The van der Waals surface area contributed by atoms with Crippen LogP contribution in [-0.2, 0) is 36.0 Å². The second kappa shape index (κ2) is 23.1. The zero-order chi connectivity index (χ0) is 51.3. The van der Waals surface area contributed by atoms with Crippen molar-refractivity contribution < 1.29 is 29.3 Å². The first-order chi connectivity index (χ1) is 32.7. The number of methoxy groups -OCH3 is 1. The van der Waals surface area contributed by atoms with E-state index in [0.717, 1.165) is 44.3 Å². The predicted molar refractivity (Wildman–Crippen MR) is 295 cm³/mol. The van der Waals surface area contributed by atoms with Crippen LogP contribution in [0.25, 0.3) is 33.4 Å². The number of esters is 1. The van der Waals surface area contributed by atoms with Crippen LogP contribution in [0.5, 0.6) is 11.5 Å². The largest absolute Gasteiger partial charge is 0.506 e. The Bertz CT molecular complexity index is 3010. The summed E-state index contributed by atoms with van der Waals surface area (Å²) in [7, 11) is 1.39. The van der Waals surface area contributed by atoms with Gasteiger partial charge in [-0.2, -0.15) is 0 Å². The van der Waals surface area contributed by atoms with Crippen LogP contribution in [-0.4, -0.2) is 59.2 Å². The molecule has 382 valence electrons. The summed E-state index contributed by atoms with van der Waals surface area (Å²) in [6, 6.07) is 42.1. The van der Waals surface area contributed by atoms with Gasteiger partial charge in [0.1, 0.15) is 49.8 Å². The molecule has 2 atom stereocenters. The number of carbonyl (C=O) groups is 2. The lowest BCUT2D eigenvalue weighted by Crippen LogP contribution is -2.20. The van der Waals surface area contributed by atoms with Crippen molar-refractivity contribution in [2.45, 2.75) is 131 Å². The molecule has 0 spiro atoms. The van der Waals surface area contributed by atoms with Gasteiger partial charge in [-0.3, -0.25) is 4.79 Å². The van der Waals surface area contributed by atoms with E-state index in [-0.39, 0.29) is 53.1 Å². The summed E-state index contributed by atoms with van der Waals surface area (Å²) in [6.45, 7) is 25.6. The minimum atomic E-state index is -1.17. The lowest BCUT2D eigenvalue weighted by Gasteiger charge is -2.23. The van der Waals surface area contributed by atoms with Crippen molar-refractivity contribution in [3.8, 4) is 22.9 Å². The molecule has 0 saturated heterocycles.